The Hall–Kier alpha value is -3.10. The van der Waals surface area contributed by atoms with Gasteiger partial charge in [-0.2, -0.15) is 5.26 Å². The van der Waals surface area contributed by atoms with E-state index in [1.165, 1.54) is 22.5 Å². The third kappa shape index (κ3) is 3.64. The largest absolute Gasteiger partial charge is 0.339 e. The van der Waals surface area contributed by atoms with Crippen LogP contribution < -0.4 is 10.2 Å². The molecule has 2 aromatic carbocycles. The van der Waals surface area contributed by atoms with E-state index in [0.717, 1.165) is 19.4 Å². The number of amides is 1. The summed E-state index contributed by atoms with van der Waals surface area (Å²) >= 11 is 0. The average Bonchev–Trinajstić information content (AvgIpc) is 3.16. The highest BCUT2D eigenvalue weighted by molar-refractivity contribution is 5.88. The van der Waals surface area contributed by atoms with Crippen molar-refractivity contribution in [2.24, 2.45) is 0 Å². The molecule has 1 fully saturated rings. The Morgan fingerprint density at radius 1 is 1.07 bits per heavy atom. The fourth-order valence-electron chi connectivity index (χ4n) is 3.99. The number of nitriles is 1. The van der Waals surface area contributed by atoms with E-state index in [9.17, 15) is 4.79 Å². The minimum absolute atomic E-state index is 0.0161. The smallest absolute Gasteiger partial charge is 0.237 e. The molecular formula is C23H24N4O. The van der Waals surface area contributed by atoms with Crippen LogP contribution in [0.4, 0.5) is 11.4 Å². The van der Waals surface area contributed by atoms with Crippen LogP contribution >= 0.6 is 0 Å². The summed E-state index contributed by atoms with van der Waals surface area (Å²) < 4.78 is 0. The highest BCUT2D eigenvalue weighted by atomic mass is 16.2. The first-order valence-electron chi connectivity index (χ1n) is 9.81. The summed E-state index contributed by atoms with van der Waals surface area (Å²) in [5.41, 5.74) is 4.70. The quantitative estimate of drug-likeness (QED) is 0.817. The summed E-state index contributed by atoms with van der Waals surface area (Å²) in [5.74, 6) is 0.0161. The molecule has 1 atom stereocenters. The highest BCUT2D eigenvalue weighted by Gasteiger charge is 2.28. The van der Waals surface area contributed by atoms with Gasteiger partial charge in [-0.3, -0.25) is 4.79 Å². The Morgan fingerprint density at radius 3 is 2.36 bits per heavy atom. The van der Waals surface area contributed by atoms with Gasteiger partial charge in [0.05, 0.1) is 12.6 Å². The van der Waals surface area contributed by atoms with Crippen LogP contribution in [0.1, 0.15) is 24.0 Å². The first-order valence-corrected chi connectivity index (χ1v) is 9.81. The van der Waals surface area contributed by atoms with E-state index in [0.29, 0.717) is 13.1 Å². The molecule has 2 heterocycles. The third-order valence-electron chi connectivity index (χ3n) is 5.41. The van der Waals surface area contributed by atoms with Crippen molar-refractivity contribution in [3.63, 3.8) is 0 Å². The fraction of sp³-hybridized carbons (Fsp3) is 0.304. The number of nitrogens with zero attached hydrogens (tertiary/aromatic N) is 3. The lowest BCUT2D eigenvalue weighted by Gasteiger charge is -2.27. The molecule has 0 unspecified atom stereocenters. The number of hydrogen-bond acceptors (Lipinski definition) is 4. The van der Waals surface area contributed by atoms with Crippen molar-refractivity contribution >= 4 is 29.4 Å². The molecule has 2 aliphatic rings. The SMILES string of the molecule is N#C[C@@H]1CCCN1C(=O)CNCCN1c2ccccc2C=Cc2ccccc21. The fourth-order valence-corrected chi connectivity index (χ4v) is 3.99. The van der Waals surface area contributed by atoms with Crippen molar-refractivity contribution < 1.29 is 4.79 Å². The average molecular weight is 372 g/mol. The topological polar surface area (TPSA) is 59.4 Å². The zero-order valence-electron chi connectivity index (χ0n) is 15.8. The van der Waals surface area contributed by atoms with Gasteiger partial charge in [-0.05, 0) is 36.1 Å². The van der Waals surface area contributed by atoms with Crippen LogP contribution in [0.5, 0.6) is 0 Å². The Bertz CT molecular complexity index is 881. The van der Waals surface area contributed by atoms with E-state index in [-0.39, 0.29) is 18.5 Å². The molecular weight excluding hydrogens is 348 g/mol. The lowest BCUT2D eigenvalue weighted by atomic mass is 10.1. The number of likely N-dealkylation sites (tertiary alicyclic amines) is 1. The molecule has 2 aromatic rings. The van der Waals surface area contributed by atoms with Crippen molar-refractivity contribution in [3.8, 4) is 6.07 Å². The van der Waals surface area contributed by atoms with E-state index < -0.39 is 0 Å². The Balaban J connectivity index is 1.43. The summed E-state index contributed by atoms with van der Waals surface area (Å²) in [6, 6.07) is 18.7. The Labute approximate surface area is 165 Å². The molecule has 1 saturated heterocycles. The van der Waals surface area contributed by atoms with Gasteiger partial charge in [-0.25, -0.2) is 0 Å². The van der Waals surface area contributed by atoms with Crippen LogP contribution in [0.25, 0.3) is 12.2 Å². The number of carbonyl (C=O) groups excluding carboxylic acids is 1. The number of rotatable bonds is 5. The zero-order valence-corrected chi connectivity index (χ0v) is 15.8. The van der Waals surface area contributed by atoms with Crippen LogP contribution in [0.3, 0.4) is 0 Å². The second-order valence-corrected chi connectivity index (χ2v) is 7.15. The molecule has 28 heavy (non-hydrogen) atoms. The van der Waals surface area contributed by atoms with E-state index in [1.54, 1.807) is 4.90 Å². The van der Waals surface area contributed by atoms with Crippen LogP contribution in [0.15, 0.2) is 48.5 Å². The summed E-state index contributed by atoms with van der Waals surface area (Å²) in [6.45, 7) is 2.40. The standard InChI is InChI=1S/C23H24N4O/c24-16-20-8-5-14-26(20)23(28)17-25-13-15-27-21-9-3-1-6-18(21)11-12-19-7-2-4-10-22(19)27/h1-4,6-7,9-12,20,25H,5,8,13-15,17H2/t20-/m0/s1. The van der Waals surface area contributed by atoms with Gasteiger partial charge in [-0.1, -0.05) is 48.6 Å². The number of fused-ring (bicyclic) bond motifs is 2. The van der Waals surface area contributed by atoms with E-state index >= 15 is 0 Å². The molecule has 0 saturated carbocycles. The van der Waals surface area contributed by atoms with E-state index in [4.69, 9.17) is 5.26 Å². The molecule has 0 bridgehead atoms. The third-order valence-corrected chi connectivity index (χ3v) is 5.41. The maximum atomic E-state index is 12.4. The zero-order chi connectivity index (χ0) is 19.3. The first-order chi connectivity index (χ1) is 13.8. The number of anilines is 2. The van der Waals surface area contributed by atoms with Crippen LogP contribution in [0, 0.1) is 11.3 Å². The maximum absolute atomic E-state index is 12.4. The summed E-state index contributed by atoms with van der Waals surface area (Å²) in [6.07, 6.45) is 6.01. The molecule has 1 amide bonds. The van der Waals surface area contributed by atoms with Crippen molar-refractivity contribution in [3.05, 3.63) is 59.7 Å². The lowest BCUT2D eigenvalue weighted by molar-refractivity contribution is -0.130. The van der Waals surface area contributed by atoms with Gasteiger partial charge in [0.15, 0.2) is 0 Å². The molecule has 0 spiro atoms. The monoisotopic (exact) mass is 372 g/mol. The van der Waals surface area contributed by atoms with Gasteiger partial charge in [0.2, 0.25) is 5.91 Å². The van der Waals surface area contributed by atoms with Crippen molar-refractivity contribution in [2.75, 3.05) is 31.1 Å². The van der Waals surface area contributed by atoms with Crippen LogP contribution in [0.2, 0.25) is 0 Å². The molecule has 2 aliphatic heterocycles. The molecule has 5 nitrogen and oxygen atoms in total. The second-order valence-electron chi connectivity index (χ2n) is 7.15. The van der Waals surface area contributed by atoms with Crippen LogP contribution in [-0.2, 0) is 4.79 Å². The maximum Gasteiger partial charge on any atom is 0.237 e. The van der Waals surface area contributed by atoms with Gasteiger partial charge >= 0.3 is 0 Å². The summed E-state index contributed by atoms with van der Waals surface area (Å²) in [4.78, 5) is 16.4. The number of hydrogen-bond donors (Lipinski definition) is 1. The minimum Gasteiger partial charge on any atom is -0.339 e. The minimum atomic E-state index is -0.260. The van der Waals surface area contributed by atoms with Gasteiger partial charge in [0, 0.05) is 31.0 Å². The van der Waals surface area contributed by atoms with Crippen molar-refractivity contribution in [1.82, 2.24) is 10.2 Å². The molecule has 0 radical (unpaired) electrons. The van der Waals surface area contributed by atoms with Crippen molar-refractivity contribution in [1.29, 1.82) is 5.26 Å². The lowest BCUT2D eigenvalue weighted by Crippen LogP contribution is -2.42. The highest BCUT2D eigenvalue weighted by Crippen LogP contribution is 2.35. The predicted molar refractivity (Wildman–Crippen MR) is 112 cm³/mol. The predicted octanol–water partition coefficient (Wildman–Crippen LogP) is 3.41. The number of para-hydroxylation sites is 2. The molecule has 1 N–H and O–H groups in total. The van der Waals surface area contributed by atoms with Crippen LogP contribution in [-0.4, -0.2) is 43.0 Å². The van der Waals surface area contributed by atoms with E-state index in [2.05, 4.69) is 77.0 Å². The molecule has 4 rings (SSSR count). The summed E-state index contributed by atoms with van der Waals surface area (Å²) in [7, 11) is 0. The normalized spacial score (nSPS) is 17.6. The Kier molecular flexibility index (Phi) is 5.41. The summed E-state index contributed by atoms with van der Waals surface area (Å²) in [5, 5.41) is 12.4. The van der Waals surface area contributed by atoms with Gasteiger partial charge in [0.25, 0.3) is 0 Å². The molecule has 142 valence electrons. The second kappa shape index (κ2) is 8.28. The first kappa shape index (κ1) is 18.3. The van der Waals surface area contributed by atoms with Gasteiger partial charge in [-0.15, -0.1) is 0 Å². The Morgan fingerprint density at radius 2 is 1.71 bits per heavy atom. The molecule has 0 aromatic heterocycles. The number of benzene rings is 2. The van der Waals surface area contributed by atoms with Gasteiger partial charge in [0.1, 0.15) is 6.04 Å². The molecule has 5 heteroatoms. The van der Waals surface area contributed by atoms with Gasteiger partial charge < -0.3 is 15.1 Å². The van der Waals surface area contributed by atoms with Crippen molar-refractivity contribution in [2.45, 2.75) is 18.9 Å². The number of nitrogens with one attached hydrogen (secondary N) is 1. The molecule has 0 aliphatic carbocycles. The van der Waals surface area contributed by atoms with E-state index in [1.807, 2.05) is 0 Å². The number of carbonyl (C=O) groups is 1.